The van der Waals surface area contributed by atoms with Gasteiger partial charge in [-0.3, -0.25) is 9.59 Å². The molecular weight excluding hydrogens is 338 g/mol. The van der Waals surface area contributed by atoms with E-state index in [0.717, 1.165) is 0 Å². The lowest BCUT2D eigenvalue weighted by molar-refractivity contribution is 0.101. The van der Waals surface area contributed by atoms with E-state index in [9.17, 15) is 14.9 Å². The van der Waals surface area contributed by atoms with Gasteiger partial charge in [0, 0.05) is 11.3 Å². The molecule has 124 valence electrons. The lowest BCUT2D eigenvalue weighted by Crippen LogP contribution is -2.23. The van der Waals surface area contributed by atoms with Gasteiger partial charge in [0.15, 0.2) is 5.78 Å². The first kappa shape index (κ1) is 16.8. The topological polar surface area (TPSA) is 102 Å². The smallest absolute Gasteiger partial charge is 0.278 e. The van der Waals surface area contributed by atoms with E-state index in [1.165, 1.54) is 29.4 Å². The number of nitriles is 1. The summed E-state index contributed by atoms with van der Waals surface area (Å²) in [6.07, 6.45) is 0. The van der Waals surface area contributed by atoms with Crippen molar-refractivity contribution in [3.8, 4) is 6.07 Å². The number of nitrogens with zero attached hydrogens (tertiary/aromatic N) is 5. The van der Waals surface area contributed by atoms with Crippen molar-refractivity contribution in [3.05, 3.63) is 57.5 Å². The number of hydrogen-bond acceptors (Lipinski definition) is 7. The number of carbonyl (C=O) groups excluding carboxylic acids is 1. The molecule has 0 saturated heterocycles. The quantitative estimate of drug-likeness (QED) is 0.525. The average molecular weight is 351 g/mol. The van der Waals surface area contributed by atoms with Crippen LogP contribution in [0.3, 0.4) is 0 Å². The van der Waals surface area contributed by atoms with Crippen LogP contribution >= 0.6 is 11.8 Å². The Morgan fingerprint density at radius 3 is 2.84 bits per heavy atom. The van der Waals surface area contributed by atoms with E-state index in [-0.39, 0.29) is 17.2 Å². The Morgan fingerprint density at radius 2 is 2.12 bits per heavy atom. The highest BCUT2D eigenvalue weighted by atomic mass is 32.2. The number of benzene rings is 1. The Balaban J connectivity index is 1.93. The van der Waals surface area contributed by atoms with Crippen LogP contribution in [-0.4, -0.2) is 25.8 Å². The number of Topliss-reactive ketones (excluding diaryl/α,β-unsaturated/α-hetero) is 1. The molecule has 0 amide bonds. The van der Waals surface area contributed by atoms with Crippen molar-refractivity contribution < 1.29 is 4.79 Å². The molecule has 0 aliphatic heterocycles. The first-order chi connectivity index (χ1) is 12.0. The summed E-state index contributed by atoms with van der Waals surface area (Å²) in [7, 11) is 0. The normalized spacial score (nSPS) is 10.6. The van der Waals surface area contributed by atoms with Gasteiger partial charge in [0.25, 0.3) is 5.56 Å². The first-order valence-corrected chi connectivity index (χ1v) is 8.38. The summed E-state index contributed by atoms with van der Waals surface area (Å²) in [4.78, 5) is 28.3. The molecule has 7 nitrogen and oxygen atoms in total. The molecule has 25 heavy (non-hydrogen) atoms. The Labute approximate surface area is 147 Å². The van der Waals surface area contributed by atoms with Crippen LogP contribution in [0, 0.1) is 18.3 Å². The van der Waals surface area contributed by atoms with E-state index in [0.29, 0.717) is 32.7 Å². The van der Waals surface area contributed by atoms with E-state index >= 15 is 0 Å². The molecule has 0 N–H and O–H groups in total. The van der Waals surface area contributed by atoms with Gasteiger partial charge >= 0.3 is 0 Å². The van der Waals surface area contributed by atoms with E-state index in [1.54, 1.807) is 31.2 Å². The SMILES string of the molecule is CC(=O)c1cc(C#N)c(SCn2nnc3ccccc3c2=O)nc1C. The highest BCUT2D eigenvalue weighted by Gasteiger charge is 2.13. The van der Waals surface area contributed by atoms with Crippen LogP contribution < -0.4 is 5.56 Å². The fourth-order valence-corrected chi connectivity index (χ4v) is 3.24. The highest BCUT2D eigenvalue weighted by molar-refractivity contribution is 7.98. The van der Waals surface area contributed by atoms with Crippen LogP contribution in [0.1, 0.15) is 28.5 Å². The van der Waals surface area contributed by atoms with Crippen molar-refractivity contribution in [1.29, 1.82) is 5.26 Å². The van der Waals surface area contributed by atoms with E-state index < -0.39 is 0 Å². The first-order valence-electron chi connectivity index (χ1n) is 7.39. The molecule has 0 bridgehead atoms. The molecule has 0 atom stereocenters. The zero-order valence-electron chi connectivity index (χ0n) is 13.6. The standard InChI is InChI=1S/C17H13N5O2S/c1-10-14(11(2)23)7-12(8-18)16(19-10)25-9-22-17(24)13-5-3-4-6-15(13)20-21-22/h3-7H,9H2,1-2H3. The lowest BCUT2D eigenvalue weighted by atomic mass is 10.1. The zero-order valence-corrected chi connectivity index (χ0v) is 14.4. The third-order valence-corrected chi connectivity index (χ3v) is 4.59. The molecule has 3 aromatic rings. The Kier molecular flexibility index (Phi) is 4.59. The molecular formula is C17H13N5O2S. The second-order valence-corrected chi connectivity index (χ2v) is 6.26. The van der Waals surface area contributed by atoms with Gasteiger partial charge in [-0.1, -0.05) is 29.1 Å². The van der Waals surface area contributed by atoms with Gasteiger partial charge in [-0.15, -0.1) is 5.10 Å². The van der Waals surface area contributed by atoms with Gasteiger partial charge in [-0.05, 0) is 32.0 Å². The minimum Gasteiger partial charge on any atom is -0.294 e. The van der Waals surface area contributed by atoms with E-state index in [2.05, 4.69) is 15.3 Å². The van der Waals surface area contributed by atoms with Gasteiger partial charge in [-0.2, -0.15) is 9.94 Å². The van der Waals surface area contributed by atoms with Gasteiger partial charge in [-0.25, -0.2) is 4.98 Å². The number of carbonyl (C=O) groups is 1. The van der Waals surface area contributed by atoms with Gasteiger partial charge in [0.2, 0.25) is 0 Å². The number of hydrogen-bond donors (Lipinski definition) is 0. The highest BCUT2D eigenvalue weighted by Crippen LogP contribution is 2.24. The third-order valence-electron chi connectivity index (χ3n) is 3.63. The summed E-state index contributed by atoms with van der Waals surface area (Å²) in [5, 5.41) is 18.2. The summed E-state index contributed by atoms with van der Waals surface area (Å²) >= 11 is 1.20. The molecule has 0 aliphatic carbocycles. The molecule has 2 aromatic heterocycles. The van der Waals surface area contributed by atoms with Crippen LogP contribution in [0.15, 0.2) is 40.2 Å². The van der Waals surface area contributed by atoms with Crippen LogP contribution in [0.4, 0.5) is 0 Å². The lowest BCUT2D eigenvalue weighted by Gasteiger charge is -2.08. The predicted octanol–water partition coefficient (Wildman–Crippen LogP) is 2.32. The minimum atomic E-state index is -0.256. The number of aromatic nitrogens is 4. The molecule has 1 aromatic carbocycles. The van der Waals surface area contributed by atoms with Gasteiger partial charge in [0.05, 0.1) is 16.8 Å². The maximum absolute atomic E-state index is 12.4. The Bertz CT molecular complexity index is 1080. The maximum Gasteiger partial charge on any atom is 0.278 e. The molecule has 0 radical (unpaired) electrons. The second kappa shape index (κ2) is 6.83. The molecule has 0 spiro atoms. The van der Waals surface area contributed by atoms with Crippen molar-refractivity contribution in [1.82, 2.24) is 20.0 Å². The summed E-state index contributed by atoms with van der Waals surface area (Å²) in [6, 6.07) is 10.5. The van der Waals surface area contributed by atoms with Crippen molar-refractivity contribution in [2.45, 2.75) is 24.8 Å². The summed E-state index contributed by atoms with van der Waals surface area (Å²) < 4.78 is 1.23. The number of aryl methyl sites for hydroxylation is 1. The number of pyridine rings is 1. The minimum absolute atomic E-state index is 0.144. The zero-order chi connectivity index (χ0) is 18.0. The molecule has 0 fully saturated rings. The number of ketones is 1. The second-order valence-electron chi connectivity index (χ2n) is 5.33. The van der Waals surface area contributed by atoms with Crippen LogP contribution in [-0.2, 0) is 5.88 Å². The Morgan fingerprint density at radius 1 is 1.36 bits per heavy atom. The summed E-state index contributed by atoms with van der Waals surface area (Å²) in [6.45, 7) is 3.15. The van der Waals surface area contributed by atoms with Crippen molar-refractivity contribution in [2.75, 3.05) is 0 Å². The fourth-order valence-electron chi connectivity index (χ4n) is 2.36. The summed E-state index contributed by atoms with van der Waals surface area (Å²) in [5.74, 6) is 0.0201. The van der Waals surface area contributed by atoms with Gasteiger partial charge in [0.1, 0.15) is 16.6 Å². The monoisotopic (exact) mass is 351 g/mol. The molecule has 8 heteroatoms. The van der Waals surface area contributed by atoms with E-state index in [4.69, 9.17) is 0 Å². The van der Waals surface area contributed by atoms with Crippen molar-refractivity contribution >= 4 is 28.4 Å². The van der Waals surface area contributed by atoms with Gasteiger partial charge < -0.3 is 0 Å². The van der Waals surface area contributed by atoms with Crippen LogP contribution in [0.5, 0.6) is 0 Å². The summed E-state index contributed by atoms with van der Waals surface area (Å²) in [5.41, 5.74) is 1.54. The third kappa shape index (κ3) is 3.27. The molecule has 0 unspecified atom stereocenters. The van der Waals surface area contributed by atoms with Crippen LogP contribution in [0.25, 0.3) is 10.9 Å². The van der Waals surface area contributed by atoms with Crippen molar-refractivity contribution in [3.63, 3.8) is 0 Å². The Hall–Kier alpha value is -3.05. The van der Waals surface area contributed by atoms with Crippen molar-refractivity contribution in [2.24, 2.45) is 0 Å². The number of fused-ring (bicyclic) bond motifs is 1. The maximum atomic E-state index is 12.4. The molecule has 2 heterocycles. The van der Waals surface area contributed by atoms with Crippen LogP contribution in [0.2, 0.25) is 0 Å². The number of rotatable bonds is 4. The fraction of sp³-hybridized carbons (Fsp3) is 0.176. The average Bonchev–Trinajstić information content (AvgIpc) is 2.61. The van der Waals surface area contributed by atoms with E-state index in [1.807, 2.05) is 6.07 Å². The number of thioether (sulfide) groups is 1. The predicted molar refractivity (Wildman–Crippen MR) is 93.3 cm³/mol. The molecule has 0 saturated carbocycles. The largest absolute Gasteiger partial charge is 0.294 e. The molecule has 3 rings (SSSR count). The molecule has 0 aliphatic rings.